The summed E-state index contributed by atoms with van der Waals surface area (Å²) in [5, 5.41) is 9.13. The van der Waals surface area contributed by atoms with E-state index in [-0.39, 0.29) is 11.6 Å². The van der Waals surface area contributed by atoms with Gasteiger partial charge in [-0.15, -0.1) is 0 Å². The summed E-state index contributed by atoms with van der Waals surface area (Å²) in [6.07, 6.45) is 2.22. The smallest absolute Gasteiger partial charge is 0.341 e. The Kier molecular flexibility index (Phi) is 3.28. The summed E-state index contributed by atoms with van der Waals surface area (Å²) >= 11 is 0. The summed E-state index contributed by atoms with van der Waals surface area (Å²) < 4.78 is 7.24. The number of methoxy groups -OCH3 is 1. The minimum absolute atomic E-state index is 0.0774. The van der Waals surface area contributed by atoms with Crippen molar-refractivity contribution in [2.24, 2.45) is 0 Å². The molecule has 5 nitrogen and oxygen atoms in total. The monoisotopic (exact) mass is 299 g/mol. The lowest BCUT2D eigenvalue weighted by Crippen LogP contribution is -2.24. The van der Waals surface area contributed by atoms with Crippen molar-refractivity contribution in [1.82, 2.24) is 4.57 Å². The molecule has 1 aliphatic heterocycles. The van der Waals surface area contributed by atoms with Crippen molar-refractivity contribution in [3.63, 3.8) is 0 Å². The fourth-order valence-electron chi connectivity index (χ4n) is 3.06. The molecule has 0 amide bonds. The first-order valence-corrected chi connectivity index (χ1v) is 7.09. The zero-order valence-electron chi connectivity index (χ0n) is 12.7. The summed E-state index contributed by atoms with van der Waals surface area (Å²) in [6.45, 7) is 3.96. The lowest BCUT2D eigenvalue weighted by Gasteiger charge is -2.29. The van der Waals surface area contributed by atoms with Crippen LogP contribution in [0.15, 0.2) is 29.2 Å². The molecule has 1 atom stereocenters. The third-order valence-corrected chi connectivity index (χ3v) is 4.20. The molecule has 114 valence electrons. The normalized spacial score (nSPS) is 15.9. The maximum atomic E-state index is 12.0. The van der Waals surface area contributed by atoms with Crippen LogP contribution < -0.4 is 10.2 Å². The summed E-state index contributed by atoms with van der Waals surface area (Å²) in [6, 6.07) is 5.49. The van der Waals surface area contributed by atoms with Crippen molar-refractivity contribution in [1.29, 1.82) is 0 Å². The molecule has 2 heterocycles. The van der Waals surface area contributed by atoms with E-state index in [1.165, 1.54) is 12.3 Å². The van der Waals surface area contributed by atoms with Crippen LogP contribution >= 0.6 is 0 Å². The molecule has 1 aromatic heterocycles. The molecule has 0 spiro atoms. The molecule has 1 aromatic carbocycles. The van der Waals surface area contributed by atoms with Crippen LogP contribution in [0.4, 0.5) is 0 Å². The highest BCUT2D eigenvalue weighted by Crippen LogP contribution is 2.37. The Balaban J connectivity index is 2.29. The Morgan fingerprint density at radius 3 is 2.73 bits per heavy atom. The number of benzene rings is 1. The van der Waals surface area contributed by atoms with Crippen molar-refractivity contribution in [2.75, 3.05) is 7.11 Å². The number of ether oxygens (including phenoxy) is 1. The number of rotatable bonds is 2. The molecule has 5 heteroatoms. The predicted octanol–water partition coefficient (Wildman–Crippen LogP) is 2.65. The summed E-state index contributed by atoms with van der Waals surface area (Å²) in [5.74, 6) is -0.367. The van der Waals surface area contributed by atoms with E-state index in [0.29, 0.717) is 0 Å². The highest BCUT2D eigenvalue weighted by Gasteiger charge is 2.24. The van der Waals surface area contributed by atoms with Crippen LogP contribution in [0.3, 0.4) is 0 Å². The van der Waals surface area contributed by atoms with Crippen LogP contribution in [-0.4, -0.2) is 22.8 Å². The first-order valence-electron chi connectivity index (χ1n) is 7.09. The zero-order chi connectivity index (χ0) is 16.0. The Morgan fingerprint density at radius 2 is 2.09 bits per heavy atom. The van der Waals surface area contributed by atoms with Crippen molar-refractivity contribution >= 4 is 5.97 Å². The van der Waals surface area contributed by atoms with E-state index >= 15 is 0 Å². The van der Waals surface area contributed by atoms with Gasteiger partial charge in [-0.1, -0.05) is 0 Å². The Bertz CT molecular complexity index is 835. The third-order valence-electron chi connectivity index (χ3n) is 4.20. The van der Waals surface area contributed by atoms with Crippen LogP contribution in [-0.2, 0) is 6.42 Å². The van der Waals surface area contributed by atoms with Crippen LogP contribution in [0.5, 0.6) is 5.75 Å². The Labute approximate surface area is 127 Å². The minimum atomic E-state index is -1.19. The fourth-order valence-corrected chi connectivity index (χ4v) is 3.06. The molecule has 22 heavy (non-hydrogen) atoms. The minimum Gasteiger partial charge on any atom is -0.496 e. The third kappa shape index (κ3) is 2.09. The molecule has 0 saturated carbocycles. The number of carbonyl (C=O) groups is 1. The molecule has 0 bridgehead atoms. The van der Waals surface area contributed by atoms with Gasteiger partial charge < -0.3 is 14.4 Å². The number of fused-ring (bicyclic) bond motifs is 3. The maximum Gasteiger partial charge on any atom is 0.341 e. The van der Waals surface area contributed by atoms with E-state index in [0.717, 1.165) is 34.6 Å². The molecular weight excluding hydrogens is 282 g/mol. The molecule has 0 saturated heterocycles. The van der Waals surface area contributed by atoms with Crippen molar-refractivity contribution < 1.29 is 14.6 Å². The standard InChI is InChI=1S/C17H17NO4/c1-9-4-12-11(6-16(9)22-3)5-10(2)18-8-13(17(20)21)15(19)7-14(12)18/h4,6-8,10H,5H2,1-3H3,(H,20,21). The molecule has 0 radical (unpaired) electrons. The highest BCUT2D eigenvalue weighted by atomic mass is 16.5. The summed E-state index contributed by atoms with van der Waals surface area (Å²) in [4.78, 5) is 23.2. The second-order valence-electron chi connectivity index (χ2n) is 5.68. The lowest BCUT2D eigenvalue weighted by molar-refractivity contribution is 0.0694. The van der Waals surface area contributed by atoms with Crippen LogP contribution in [0.25, 0.3) is 11.3 Å². The van der Waals surface area contributed by atoms with Gasteiger partial charge in [-0.25, -0.2) is 4.79 Å². The van der Waals surface area contributed by atoms with Gasteiger partial charge in [0.05, 0.1) is 12.8 Å². The number of aryl methyl sites for hydroxylation is 1. The van der Waals surface area contributed by atoms with Gasteiger partial charge in [0.1, 0.15) is 11.3 Å². The van der Waals surface area contributed by atoms with E-state index in [2.05, 4.69) is 0 Å². The van der Waals surface area contributed by atoms with Gasteiger partial charge in [-0.2, -0.15) is 0 Å². The van der Waals surface area contributed by atoms with Crippen LogP contribution in [0.1, 0.15) is 34.5 Å². The van der Waals surface area contributed by atoms with Gasteiger partial charge in [0.15, 0.2) is 5.43 Å². The Hall–Kier alpha value is -2.56. The molecule has 0 fully saturated rings. The van der Waals surface area contributed by atoms with Crippen molar-refractivity contribution in [3.05, 3.63) is 51.3 Å². The molecule has 3 rings (SSSR count). The van der Waals surface area contributed by atoms with Gasteiger partial charge >= 0.3 is 5.97 Å². The van der Waals surface area contributed by atoms with E-state index in [1.807, 2.05) is 30.5 Å². The molecule has 2 aromatic rings. The topological polar surface area (TPSA) is 68.5 Å². The maximum absolute atomic E-state index is 12.0. The van der Waals surface area contributed by atoms with Crippen molar-refractivity contribution in [3.8, 4) is 17.0 Å². The number of pyridine rings is 1. The first-order chi connectivity index (χ1) is 10.4. The zero-order valence-corrected chi connectivity index (χ0v) is 12.7. The average Bonchev–Trinajstić information content (AvgIpc) is 2.47. The number of aromatic carboxylic acids is 1. The van der Waals surface area contributed by atoms with Gasteiger partial charge in [0.25, 0.3) is 0 Å². The fraction of sp³-hybridized carbons (Fsp3) is 0.294. The molecule has 1 N–H and O–H groups in total. The van der Waals surface area contributed by atoms with Gasteiger partial charge in [-0.3, -0.25) is 4.79 Å². The van der Waals surface area contributed by atoms with Gasteiger partial charge in [-0.05, 0) is 43.5 Å². The first kappa shape index (κ1) is 14.4. The molecule has 1 aliphatic rings. The number of hydrogen-bond acceptors (Lipinski definition) is 3. The number of aromatic nitrogens is 1. The van der Waals surface area contributed by atoms with E-state index in [4.69, 9.17) is 9.84 Å². The lowest BCUT2D eigenvalue weighted by atomic mass is 9.91. The molecule has 0 aliphatic carbocycles. The predicted molar refractivity (Wildman–Crippen MR) is 82.8 cm³/mol. The second-order valence-corrected chi connectivity index (χ2v) is 5.68. The van der Waals surface area contributed by atoms with Gasteiger partial charge in [0.2, 0.25) is 0 Å². The SMILES string of the molecule is COc1cc2c(cc1C)-c1cc(=O)c(C(=O)O)cn1C(C)C2. The quantitative estimate of drug-likeness (QED) is 0.925. The highest BCUT2D eigenvalue weighted by molar-refractivity contribution is 5.87. The summed E-state index contributed by atoms with van der Waals surface area (Å²) in [5.41, 5.74) is 3.16. The van der Waals surface area contributed by atoms with Crippen LogP contribution in [0, 0.1) is 6.92 Å². The van der Waals surface area contributed by atoms with E-state index in [1.54, 1.807) is 7.11 Å². The second kappa shape index (κ2) is 5.02. The molecular formula is C17H17NO4. The number of carboxylic acid groups (broad SMARTS) is 1. The number of hydrogen-bond donors (Lipinski definition) is 1. The average molecular weight is 299 g/mol. The summed E-state index contributed by atoms with van der Waals surface area (Å²) in [7, 11) is 1.64. The molecule has 1 unspecified atom stereocenters. The number of carboxylic acids is 1. The largest absolute Gasteiger partial charge is 0.496 e. The van der Waals surface area contributed by atoms with E-state index < -0.39 is 11.4 Å². The Morgan fingerprint density at radius 1 is 1.36 bits per heavy atom. The van der Waals surface area contributed by atoms with Gasteiger partial charge in [0, 0.05) is 23.9 Å². The number of nitrogens with zero attached hydrogens (tertiary/aromatic N) is 1. The van der Waals surface area contributed by atoms with Crippen molar-refractivity contribution in [2.45, 2.75) is 26.3 Å². The van der Waals surface area contributed by atoms with Crippen LogP contribution in [0.2, 0.25) is 0 Å². The van der Waals surface area contributed by atoms with E-state index in [9.17, 15) is 9.59 Å².